The number of anilines is 1. The highest BCUT2D eigenvalue weighted by atomic mass is 35.5. The Labute approximate surface area is 130 Å². The van der Waals surface area contributed by atoms with Crippen LogP contribution in [0.3, 0.4) is 0 Å². The van der Waals surface area contributed by atoms with Crippen molar-refractivity contribution in [1.82, 2.24) is 0 Å². The van der Waals surface area contributed by atoms with Crippen LogP contribution in [0.15, 0.2) is 24.0 Å². The van der Waals surface area contributed by atoms with Crippen molar-refractivity contribution in [3.63, 3.8) is 0 Å². The number of nitrogens with two attached hydrogens (primary N) is 1. The monoisotopic (exact) mass is 324 g/mol. The van der Waals surface area contributed by atoms with E-state index in [4.69, 9.17) is 22.1 Å². The molecule has 1 aliphatic carbocycles. The molecule has 1 unspecified atom stereocenters. The first-order valence-electron chi connectivity index (χ1n) is 6.47. The minimum Gasteiger partial charge on any atom is -0.427 e. The Kier molecular flexibility index (Phi) is 4.46. The van der Waals surface area contributed by atoms with Crippen molar-refractivity contribution in [2.24, 2.45) is 5.92 Å². The minimum atomic E-state index is -0.941. The quantitative estimate of drug-likeness (QED) is 0.396. The zero-order chi connectivity index (χ0) is 16.4. The van der Waals surface area contributed by atoms with Crippen molar-refractivity contribution in [3.05, 3.63) is 44.7 Å². The van der Waals surface area contributed by atoms with Crippen LogP contribution in [0.25, 0.3) is 0 Å². The van der Waals surface area contributed by atoms with Gasteiger partial charge in [-0.05, 0) is 18.1 Å². The molecule has 0 aliphatic heterocycles. The van der Waals surface area contributed by atoms with Gasteiger partial charge in [-0.2, -0.15) is 0 Å². The van der Waals surface area contributed by atoms with Crippen LogP contribution in [0, 0.1) is 16.0 Å². The van der Waals surface area contributed by atoms with E-state index in [9.17, 15) is 19.7 Å². The first-order valence-corrected chi connectivity index (χ1v) is 6.85. The second kappa shape index (κ2) is 6.15. The number of carbonyl (C=O) groups is 2. The van der Waals surface area contributed by atoms with E-state index < -0.39 is 16.6 Å². The number of ether oxygens (including phenoxy) is 1. The van der Waals surface area contributed by atoms with Gasteiger partial charge in [0.25, 0.3) is 0 Å². The van der Waals surface area contributed by atoms with Gasteiger partial charge < -0.3 is 10.5 Å². The molecule has 0 heterocycles. The second-order valence-electron chi connectivity index (χ2n) is 5.09. The molecule has 0 aromatic heterocycles. The van der Waals surface area contributed by atoms with Gasteiger partial charge in [0.2, 0.25) is 0 Å². The molecule has 1 aromatic carbocycles. The Bertz CT molecular complexity index is 699. The summed E-state index contributed by atoms with van der Waals surface area (Å²) in [5.74, 6) is -0.850. The van der Waals surface area contributed by atoms with Crippen LogP contribution in [-0.2, 0) is 9.53 Å². The van der Waals surface area contributed by atoms with Crippen molar-refractivity contribution in [2.75, 3.05) is 5.73 Å². The molecule has 0 spiro atoms. The number of benzene rings is 1. The maximum atomic E-state index is 12.1. The molecule has 0 saturated heterocycles. The van der Waals surface area contributed by atoms with Crippen molar-refractivity contribution in [2.45, 2.75) is 19.8 Å². The third-order valence-corrected chi connectivity index (χ3v) is 3.54. The van der Waals surface area contributed by atoms with Crippen molar-refractivity contribution in [1.29, 1.82) is 0 Å². The maximum Gasteiger partial charge on any atom is 0.350 e. The number of carbonyl (C=O) groups excluding carboxylic acids is 2. The summed E-state index contributed by atoms with van der Waals surface area (Å²) in [5.41, 5.74) is 4.34. The van der Waals surface area contributed by atoms with Gasteiger partial charge in [-0.1, -0.05) is 18.5 Å². The van der Waals surface area contributed by atoms with E-state index in [1.54, 1.807) is 0 Å². The number of nitrogens with zero attached hydrogens (tertiary/aromatic N) is 1. The normalized spacial score (nSPS) is 17.8. The Hall–Kier alpha value is -2.41. The van der Waals surface area contributed by atoms with E-state index in [1.165, 1.54) is 18.2 Å². The summed E-state index contributed by atoms with van der Waals surface area (Å²) in [6.45, 7) is 1.85. The van der Waals surface area contributed by atoms with Crippen LogP contribution in [0.4, 0.5) is 11.4 Å². The Morgan fingerprint density at radius 3 is 2.73 bits per heavy atom. The third-order valence-electron chi connectivity index (χ3n) is 3.21. The van der Waals surface area contributed by atoms with E-state index in [2.05, 4.69) is 0 Å². The molecule has 116 valence electrons. The van der Waals surface area contributed by atoms with Gasteiger partial charge in [-0.25, -0.2) is 4.79 Å². The number of hydrogen-bond acceptors (Lipinski definition) is 6. The minimum absolute atomic E-state index is 0.0241. The van der Waals surface area contributed by atoms with E-state index >= 15 is 0 Å². The predicted molar refractivity (Wildman–Crippen MR) is 79.4 cm³/mol. The highest BCUT2D eigenvalue weighted by molar-refractivity contribution is 6.33. The standard InChI is InChI=1S/C14H13ClN2O5/c1-7-4-8(18)6-9(5-7)22-14(19)10-2-3-11(15)12(16)13(10)17(20)21/h2-3,6-7H,4-5,16H2,1H3. The predicted octanol–water partition coefficient (Wildman–Crippen LogP) is 2.87. The number of allylic oxidation sites excluding steroid dienone is 2. The number of ketones is 1. The van der Waals surface area contributed by atoms with E-state index in [0.29, 0.717) is 12.8 Å². The van der Waals surface area contributed by atoms with Crippen LogP contribution in [-0.4, -0.2) is 16.7 Å². The molecule has 0 saturated carbocycles. The summed E-state index contributed by atoms with van der Waals surface area (Å²) in [7, 11) is 0. The number of esters is 1. The van der Waals surface area contributed by atoms with Gasteiger partial charge in [-0.3, -0.25) is 14.9 Å². The van der Waals surface area contributed by atoms with Crippen LogP contribution in [0.2, 0.25) is 5.02 Å². The van der Waals surface area contributed by atoms with Crippen molar-refractivity contribution >= 4 is 34.7 Å². The summed E-state index contributed by atoms with van der Waals surface area (Å²) < 4.78 is 5.10. The molecule has 0 amide bonds. The third kappa shape index (κ3) is 3.25. The molecule has 1 aromatic rings. The molecule has 0 radical (unpaired) electrons. The average molecular weight is 325 g/mol. The number of halogens is 1. The van der Waals surface area contributed by atoms with Gasteiger partial charge in [0.05, 0.1) is 9.95 Å². The SMILES string of the molecule is CC1CC(=O)C=C(OC(=O)c2ccc(Cl)c(N)c2[N+](=O)[O-])C1. The average Bonchev–Trinajstić information content (AvgIpc) is 2.39. The van der Waals surface area contributed by atoms with Crippen molar-refractivity contribution in [3.8, 4) is 0 Å². The Morgan fingerprint density at radius 2 is 2.14 bits per heavy atom. The molecule has 7 nitrogen and oxygen atoms in total. The zero-order valence-corrected chi connectivity index (χ0v) is 12.4. The first-order chi connectivity index (χ1) is 10.3. The first kappa shape index (κ1) is 16.0. The van der Waals surface area contributed by atoms with E-state index in [1.807, 2.05) is 6.92 Å². The fourth-order valence-corrected chi connectivity index (χ4v) is 2.40. The molecule has 2 N–H and O–H groups in total. The largest absolute Gasteiger partial charge is 0.427 e. The number of hydrogen-bond donors (Lipinski definition) is 1. The summed E-state index contributed by atoms with van der Waals surface area (Å²) in [6.07, 6.45) is 2.03. The van der Waals surface area contributed by atoms with Crippen LogP contribution < -0.4 is 5.73 Å². The van der Waals surface area contributed by atoms with Crippen LogP contribution in [0.5, 0.6) is 0 Å². The molecule has 0 bridgehead atoms. The summed E-state index contributed by atoms with van der Waals surface area (Å²) in [4.78, 5) is 33.9. The lowest BCUT2D eigenvalue weighted by Crippen LogP contribution is -2.16. The molecule has 8 heteroatoms. The summed E-state index contributed by atoms with van der Waals surface area (Å²) in [6, 6.07) is 2.46. The fraction of sp³-hybridized carbons (Fsp3) is 0.286. The Morgan fingerprint density at radius 1 is 1.45 bits per heavy atom. The van der Waals surface area contributed by atoms with E-state index in [-0.39, 0.29) is 33.7 Å². The Balaban J connectivity index is 2.33. The fourth-order valence-electron chi connectivity index (χ4n) is 2.25. The highest BCUT2D eigenvalue weighted by Gasteiger charge is 2.28. The second-order valence-corrected chi connectivity index (χ2v) is 5.50. The van der Waals surface area contributed by atoms with Gasteiger partial charge in [0, 0.05) is 18.9 Å². The molecular weight excluding hydrogens is 312 g/mol. The molecular formula is C14H13ClN2O5. The summed E-state index contributed by atoms with van der Waals surface area (Å²) in [5, 5.41) is 11.1. The molecule has 2 rings (SSSR count). The highest BCUT2D eigenvalue weighted by Crippen LogP contribution is 2.34. The molecule has 1 atom stereocenters. The lowest BCUT2D eigenvalue weighted by atomic mass is 9.94. The van der Waals surface area contributed by atoms with Crippen LogP contribution in [0.1, 0.15) is 30.1 Å². The summed E-state index contributed by atoms with van der Waals surface area (Å²) >= 11 is 5.73. The van der Waals surface area contributed by atoms with Crippen molar-refractivity contribution < 1.29 is 19.2 Å². The number of nitro benzene ring substituents is 1. The number of nitro groups is 1. The number of rotatable bonds is 3. The lowest BCUT2D eigenvalue weighted by molar-refractivity contribution is -0.384. The zero-order valence-electron chi connectivity index (χ0n) is 11.7. The van der Waals surface area contributed by atoms with Gasteiger partial charge in [-0.15, -0.1) is 0 Å². The van der Waals surface area contributed by atoms with Gasteiger partial charge >= 0.3 is 11.7 Å². The van der Waals surface area contributed by atoms with Gasteiger partial charge in [0.15, 0.2) is 5.78 Å². The van der Waals surface area contributed by atoms with Crippen LogP contribution >= 0.6 is 11.6 Å². The molecule has 0 fully saturated rings. The lowest BCUT2D eigenvalue weighted by Gasteiger charge is -2.17. The molecule has 22 heavy (non-hydrogen) atoms. The topological polar surface area (TPSA) is 113 Å². The van der Waals surface area contributed by atoms with Gasteiger partial charge in [0.1, 0.15) is 17.0 Å². The number of nitrogen functional groups attached to an aromatic ring is 1. The maximum absolute atomic E-state index is 12.1. The van der Waals surface area contributed by atoms with E-state index in [0.717, 1.165) is 0 Å². The molecule has 1 aliphatic rings. The smallest absolute Gasteiger partial charge is 0.350 e.